The first kappa shape index (κ1) is 7.24. The molecule has 7 heavy (non-hydrogen) atoms. The Kier molecular flexibility index (Phi) is 0.764. The van der Waals surface area contributed by atoms with Crippen molar-refractivity contribution in [1.29, 1.82) is 0 Å². The predicted molar refractivity (Wildman–Crippen MR) is 6.65 cm³/mol. The maximum atomic E-state index is 9.89. The van der Waals surface area contributed by atoms with Crippen molar-refractivity contribution >= 4 is 0 Å². The van der Waals surface area contributed by atoms with E-state index in [2.05, 4.69) is 0 Å². The summed E-state index contributed by atoms with van der Waals surface area (Å²) in [5, 5.41) is 0. The number of halogens is 6. The van der Waals surface area contributed by atoms with Crippen LogP contribution in [0.1, 0.15) is 0 Å². The molecule has 0 bridgehead atoms. The molecule has 0 aliphatic heterocycles. The second kappa shape index (κ2) is 0.738. The molecule has 0 rings (SSSR count). The third kappa shape index (κ3) is 1910. The monoisotopic (exact) mass is 220 g/mol. The molecule has 0 fully saturated rings. The molecule has 0 aliphatic carbocycles. The Bertz CT molecular complexity index is 62.7. The minimum absolute atomic E-state index is 9.89. The average Bonchev–Trinajstić information content (AvgIpc) is 0.592. The second-order valence-electron chi connectivity index (χ2n) is 0.678. The van der Waals surface area contributed by atoms with Crippen LogP contribution in [0.25, 0.3) is 0 Å². The summed E-state index contributed by atoms with van der Waals surface area (Å²) >= 11 is -10.9. The third-order valence-corrected chi connectivity index (χ3v) is 0. The zero-order valence-corrected chi connectivity index (χ0v) is 4.14. The van der Waals surface area contributed by atoms with Crippen LogP contribution in [0.4, 0.5) is 19.3 Å². The molecular weight excluding hydrogens is 220 g/mol. The molecule has 0 saturated carbocycles. The summed E-state index contributed by atoms with van der Waals surface area (Å²) in [6, 6.07) is 0. The molecule has 0 aromatic rings. The number of hydrogen-bond donors (Lipinski definition) is 0. The summed E-state index contributed by atoms with van der Waals surface area (Å²) in [5.41, 5.74) is 0. The van der Waals surface area contributed by atoms with Gasteiger partial charge in [-0.1, -0.05) is 0 Å². The predicted octanol–water partition coefficient (Wildman–Crippen LogP) is 2.52. The zero-order chi connectivity index (χ0) is 6.41. The maximum absolute atomic E-state index is 10.9. The van der Waals surface area contributed by atoms with Crippen molar-refractivity contribution < 1.29 is 35.5 Å². The molecule has 0 aromatic carbocycles. The van der Waals surface area contributed by atoms with Gasteiger partial charge >= 0.3 is 35.5 Å². The van der Waals surface area contributed by atoms with Crippen molar-refractivity contribution in [3.8, 4) is 0 Å². The van der Waals surface area contributed by atoms with Crippen molar-refractivity contribution in [1.82, 2.24) is 0 Å². The normalized spacial score (nSPS) is 23.1. The van der Waals surface area contributed by atoms with E-state index in [-0.39, 0.29) is 0 Å². The SMILES string of the molecule is [F][Pd]([F])([F])([F])([F])[F]. The van der Waals surface area contributed by atoms with Gasteiger partial charge in [-0.25, -0.2) is 0 Å². The Morgan fingerprint density at radius 3 is 0.571 bits per heavy atom. The topological polar surface area (TPSA) is 0 Å². The van der Waals surface area contributed by atoms with E-state index in [4.69, 9.17) is 0 Å². The number of rotatable bonds is 0. The average molecular weight is 220 g/mol. The van der Waals surface area contributed by atoms with Crippen LogP contribution in [0, 0.1) is 0 Å². The van der Waals surface area contributed by atoms with Crippen molar-refractivity contribution in [2.75, 3.05) is 0 Å². The Labute approximate surface area is 36.4 Å². The fraction of sp³-hybridized carbons (Fsp3) is 0. The first-order valence-corrected chi connectivity index (χ1v) is 4.24. The van der Waals surface area contributed by atoms with E-state index in [9.17, 15) is 19.3 Å². The first-order chi connectivity index (χ1) is 2.45. The van der Waals surface area contributed by atoms with Gasteiger partial charge in [0, 0.05) is 0 Å². The molecule has 0 atom stereocenters. The van der Waals surface area contributed by atoms with Crippen molar-refractivity contribution in [3.63, 3.8) is 0 Å². The fourth-order valence-corrected chi connectivity index (χ4v) is 0. The third-order valence-electron chi connectivity index (χ3n) is 0. The van der Waals surface area contributed by atoms with Gasteiger partial charge in [0.25, 0.3) is 0 Å². The van der Waals surface area contributed by atoms with Crippen molar-refractivity contribution in [2.45, 2.75) is 0 Å². The minimum atomic E-state index is -10.9. The van der Waals surface area contributed by atoms with Crippen LogP contribution in [-0.2, 0) is 16.2 Å². The van der Waals surface area contributed by atoms with Crippen molar-refractivity contribution in [2.24, 2.45) is 0 Å². The van der Waals surface area contributed by atoms with E-state index in [1.807, 2.05) is 0 Å². The number of hydrogen-bond acceptors (Lipinski definition) is 0. The molecule has 0 radical (unpaired) electrons. The molecule has 0 heterocycles. The van der Waals surface area contributed by atoms with Gasteiger partial charge in [-0.3, -0.25) is 0 Å². The summed E-state index contributed by atoms with van der Waals surface area (Å²) in [4.78, 5) is 0. The van der Waals surface area contributed by atoms with Gasteiger partial charge in [0.1, 0.15) is 0 Å². The summed E-state index contributed by atoms with van der Waals surface area (Å²) in [7, 11) is 0. The van der Waals surface area contributed by atoms with Gasteiger partial charge in [-0.2, -0.15) is 0 Å². The van der Waals surface area contributed by atoms with Crippen molar-refractivity contribution in [3.05, 3.63) is 0 Å². The molecule has 0 spiro atoms. The van der Waals surface area contributed by atoms with Gasteiger partial charge in [0.15, 0.2) is 0 Å². The van der Waals surface area contributed by atoms with Gasteiger partial charge in [-0.05, 0) is 0 Å². The fourth-order valence-electron chi connectivity index (χ4n) is 0. The molecule has 0 aromatic heterocycles. The molecule has 0 N–H and O–H groups in total. The second-order valence-corrected chi connectivity index (χ2v) is 4.01. The molecule has 0 amide bonds. The van der Waals surface area contributed by atoms with Crippen LogP contribution in [0.2, 0.25) is 0 Å². The van der Waals surface area contributed by atoms with Crippen LogP contribution < -0.4 is 0 Å². The Balaban J connectivity index is 4.43. The van der Waals surface area contributed by atoms with Crippen LogP contribution in [0.15, 0.2) is 0 Å². The van der Waals surface area contributed by atoms with E-state index in [0.717, 1.165) is 0 Å². The zero-order valence-electron chi connectivity index (χ0n) is 2.58. The molecule has 0 aliphatic rings. The molecule has 7 heteroatoms. The van der Waals surface area contributed by atoms with Crippen LogP contribution in [0.3, 0.4) is 0 Å². The van der Waals surface area contributed by atoms with Gasteiger partial charge in [0.05, 0.1) is 0 Å². The van der Waals surface area contributed by atoms with Gasteiger partial charge in [-0.15, -0.1) is 0 Å². The quantitative estimate of drug-likeness (QED) is 0.435. The molecule has 0 nitrogen and oxygen atoms in total. The van der Waals surface area contributed by atoms with Gasteiger partial charge < -0.3 is 0 Å². The van der Waals surface area contributed by atoms with E-state index in [1.165, 1.54) is 0 Å². The summed E-state index contributed by atoms with van der Waals surface area (Å²) in [6.45, 7) is 0. The van der Waals surface area contributed by atoms with E-state index >= 15 is 0 Å². The first-order valence-electron chi connectivity index (χ1n) is 0.717. The Morgan fingerprint density at radius 2 is 0.571 bits per heavy atom. The standard InChI is InChI=1S/6FH.Pd/h6*1H;/q;;;;;;+6/p-6. The van der Waals surface area contributed by atoms with Gasteiger partial charge in [0.2, 0.25) is 0 Å². The molecule has 52 valence electrons. The molecular formula is F6Pd. The summed E-state index contributed by atoms with van der Waals surface area (Å²) in [6.07, 6.45) is 0. The summed E-state index contributed by atoms with van der Waals surface area (Å²) in [5.74, 6) is 0. The van der Waals surface area contributed by atoms with Crippen LogP contribution >= 0.6 is 0 Å². The van der Waals surface area contributed by atoms with E-state index < -0.39 is 16.2 Å². The van der Waals surface area contributed by atoms with Crippen LogP contribution in [-0.4, -0.2) is 0 Å². The van der Waals surface area contributed by atoms with E-state index in [1.54, 1.807) is 0 Å². The van der Waals surface area contributed by atoms with E-state index in [0.29, 0.717) is 0 Å². The molecule has 0 saturated heterocycles. The van der Waals surface area contributed by atoms with Crippen LogP contribution in [0.5, 0.6) is 0 Å². The summed E-state index contributed by atoms with van der Waals surface area (Å²) < 4.78 is 59.4. The Hall–Kier alpha value is 0.242. The molecule has 0 unspecified atom stereocenters. The Morgan fingerprint density at radius 1 is 0.571 bits per heavy atom.